The number of nitrogens with one attached hydrogen (secondary N) is 2. The Labute approximate surface area is 181 Å². The first-order valence-electron chi connectivity index (χ1n) is 10.8. The number of hydrogen-bond acceptors (Lipinski definition) is 3. The molecule has 1 aliphatic rings. The third-order valence-corrected chi connectivity index (χ3v) is 5.72. The monoisotopic (exact) mass is 421 g/mol. The summed E-state index contributed by atoms with van der Waals surface area (Å²) < 4.78 is 13.4. The molecule has 0 aliphatic carbocycles. The summed E-state index contributed by atoms with van der Waals surface area (Å²) in [5.74, 6) is -0.218. The molecule has 0 bridgehead atoms. The maximum atomic E-state index is 13.4. The highest BCUT2D eigenvalue weighted by Gasteiger charge is 2.24. The van der Waals surface area contributed by atoms with Crippen LogP contribution in [0.4, 0.5) is 14.9 Å². The van der Waals surface area contributed by atoms with E-state index >= 15 is 0 Å². The smallest absolute Gasteiger partial charge is 0.319 e. The number of carbonyl (C=O) groups excluding carboxylic acids is 1. The molecule has 31 heavy (non-hydrogen) atoms. The van der Waals surface area contributed by atoms with Gasteiger partial charge in [-0.2, -0.15) is 0 Å². The van der Waals surface area contributed by atoms with Gasteiger partial charge in [-0.1, -0.05) is 30.3 Å². The molecular formula is C25H28FN3O2. The molecule has 0 aromatic heterocycles. The topological polar surface area (TPSA) is 64.6 Å². The number of fused-ring (bicyclic) bond motifs is 1. The van der Waals surface area contributed by atoms with Crippen LogP contribution >= 0.6 is 0 Å². The van der Waals surface area contributed by atoms with Crippen molar-refractivity contribution < 1.29 is 14.3 Å². The zero-order valence-corrected chi connectivity index (χ0v) is 17.5. The van der Waals surface area contributed by atoms with E-state index in [-0.39, 0.29) is 24.5 Å². The van der Waals surface area contributed by atoms with Gasteiger partial charge in [-0.15, -0.1) is 0 Å². The predicted octanol–water partition coefficient (Wildman–Crippen LogP) is 4.30. The highest BCUT2D eigenvalue weighted by Crippen LogP contribution is 2.20. The molecule has 1 heterocycles. The molecule has 2 amide bonds. The second-order valence-electron chi connectivity index (χ2n) is 8.17. The van der Waals surface area contributed by atoms with E-state index in [0.29, 0.717) is 0 Å². The second kappa shape index (κ2) is 9.90. The highest BCUT2D eigenvalue weighted by atomic mass is 19.1. The second-order valence-corrected chi connectivity index (χ2v) is 8.17. The molecule has 6 heteroatoms. The van der Waals surface area contributed by atoms with E-state index < -0.39 is 0 Å². The number of rotatable bonds is 7. The van der Waals surface area contributed by atoms with Gasteiger partial charge in [-0.05, 0) is 71.5 Å². The first-order chi connectivity index (χ1) is 15.1. The lowest BCUT2D eigenvalue weighted by Gasteiger charge is -2.17. The van der Waals surface area contributed by atoms with Crippen molar-refractivity contribution in [2.75, 3.05) is 25.0 Å². The zero-order chi connectivity index (χ0) is 21.6. The fraction of sp³-hybridized carbons (Fsp3) is 0.320. The van der Waals surface area contributed by atoms with Gasteiger partial charge in [0.1, 0.15) is 5.82 Å². The minimum absolute atomic E-state index is 0.110. The van der Waals surface area contributed by atoms with Gasteiger partial charge in [-0.3, -0.25) is 4.90 Å². The molecule has 0 radical (unpaired) electrons. The number of aryl methyl sites for hydroxylation is 1. The van der Waals surface area contributed by atoms with Crippen LogP contribution < -0.4 is 10.6 Å². The average Bonchev–Trinajstić information content (AvgIpc) is 3.19. The van der Waals surface area contributed by atoms with E-state index in [1.807, 2.05) is 42.5 Å². The van der Waals surface area contributed by atoms with Crippen molar-refractivity contribution >= 4 is 22.5 Å². The van der Waals surface area contributed by atoms with Crippen molar-refractivity contribution in [2.45, 2.75) is 31.8 Å². The summed E-state index contributed by atoms with van der Waals surface area (Å²) in [4.78, 5) is 14.7. The lowest BCUT2D eigenvalue weighted by atomic mass is 10.1. The van der Waals surface area contributed by atoms with Crippen molar-refractivity contribution in [3.05, 3.63) is 77.6 Å². The van der Waals surface area contributed by atoms with Gasteiger partial charge in [0.2, 0.25) is 0 Å². The van der Waals surface area contributed by atoms with Crippen LogP contribution in [-0.4, -0.2) is 41.8 Å². The molecule has 5 nitrogen and oxygen atoms in total. The Kier molecular flexibility index (Phi) is 6.79. The summed E-state index contributed by atoms with van der Waals surface area (Å²) in [6.45, 7) is 2.71. The Balaban J connectivity index is 1.26. The largest absolute Gasteiger partial charge is 0.396 e. The SMILES string of the molecule is O=C(Nc1ccc(CCCO)cc1)NC1CCN(Cc2ccc3cc(F)ccc3c2)C1. The van der Waals surface area contributed by atoms with Gasteiger partial charge in [0.05, 0.1) is 0 Å². The van der Waals surface area contributed by atoms with Crippen LogP contribution in [0, 0.1) is 5.82 Å². The van der Waals surface area contributed by atoms with E-state index in [0.717, 1.165) is 60.9 Å². The molecule has 162 valence electrons. The van der Waals surface area contributed by atoms with Gasteiger partial charge in [0, 0.05) is 38.0 Å². The van der Waals surface area contributed by atoms with Crippen LogP contribution in [0.3, 0.4) is 0 Å². The molecule has 1 saturated heterocycles. The first kappa shape index (κ1) is 21.3. The lowest BCUT2D eigenvalue weighted by Crippen LogP contribution is -2.39. The van der Waals surface area contributed by atoms with Crippen molar-refractivity contribution in [3.8, 4) is 0 Å². The average molecular weight is 422 g/mol. The molecule has 4 rings (SSSR count). The van der Waals surface area contributed by atoms with Crippen LogP contribution in [0.2, 0.25) is 0 Å². The summed E-state index contributed by atoms with van der Waals surface area (Å²) >= 11 is 0. The van der Waals surface area contributed by atoms with Gasteiger partial charge in [-0.25, -0.2) is 9.18 Å². The quantitative estimate of drug-likeness (QED) is 0.533. The number of nitrogens with zero attached hydrogens (tertiary/aromatic N) is 1. The third kappa shape index (κ3) is 5.81. The van der Waals surface area contributed by atoms with E-state index in [2.05, 4.69) is 21.6 Å². The van der Waals surface area contributed by atoms with Crippen LogP contribution in [0.1, 0.15) is 24.0 Å². The van der Waals surface area contributed by atoms with Crippen LogP contribution in [0.5, 0.6) is 0 Å². The van der Waals surface area contributed by atoms with Crippen molar-refractivity contribution in [1.29, 1.82) is 0 Å². The Morgan fingerprint density at radius 3 is 2.58 bits per heavy atom. The number of urea groups is 1. The number of benzene rings is 3. The van der Waals surface area contributed by atoms with Gasteiger partial charge >= 0.3 is 6.03 Å². The number of anilines is 1. The number of aliphatic hydroxyl groups excluding tert-OH is 1. The minimum Gasteiger partial charge on any atom is -0.396 e. The number of carbonyl (C=O) groups is 1. The molecule has 3 N–H and O–H groups in total. The number of amides is 2. The van der Waals surface area contributed by atoms with E-state index in [4.69, 9.17) is 5.11 Å². The Morgan fingerprint density at radius 2 is 1.77 bits per heavy atom. The molecule has 3 aromatic rings. The number of aliphatic hydroxyl groups is 1. The maximum absolute atomic E-state index is 13.4. The molecule has 1 atom stereocenters. The van der Waals surface area contributed by atoms with Crippen molar-refractivity contribution in [1.82, 2.24) is 10.2 Å². The Morgan fingerprint density at radius 1 is 1.03 bits per heavy atom. The van der Waals surface area contributed by atoms with Gasteiger partial charge in [0.25, 0.3) is 0 Å². The highest BCUT2D eigenvalue weighted by molar-refractivity contribution is 5.89. The third-order valence-electron chi connectivity index (χ3n) is 5.72. The molecule has 3 aromatic carbocycles. The lowest BCUT2D eigenvalue weighted by molar-refractivity contribution is 0.247. The van der Waals surface area contributed by atoms with Crippen LogP contribution in [-0.2, 0) is 13.0 Å². The predicted molar refractivity (Wildman–Crippen MR) is 122 cm³/mol. The van der Waals surface area contributed by atoms with E-state index in [1.165, 1.54) is 11.6 Å². The van der Waals surface area contributed by atoms with Gasteiger partial charge < -0.3 is 15.7 Å². The molecule has 0 spiro atoms. The van der Waals surface area contributed by atoms with Crippen LogP contribution in [0.15, 0.2) is 60.7 Å². The first-order valence-corrected chi connectivity index (χ1v) is 10.8. The van der Waals surface area contributed by atoms with Crippen molar-refractivity contribution in [2.24, 2.45) is 0 Å². The number of likely N-dealkylation sites (tertiary alicyclic amines) is 1. The number of hydrogen-bond donors (Lipinski definition) is 3. The van der Waals surface area contributed by atoms with Crippen LogP contribution in [0.25, 0.3) is 10.8 Å². The fourth-order valence-electron chi connectivity index (χ4n) is 4.11. The normalized spacial score (nSPS) is 16.5. The summed E-state index contributed by atoms with van der Waals surface area (Å²) in [7, 11) is 0. The van der Waals surface area contributed by atoms with E-state index in [9.17, 15) is 9.18 Å². The summed E-state index contributed by atoms with van der Waals surface area (Å²) in [6, 6.07) is 18.6. The van der Waals surface area contributed by atoms with E-state index in [1.54, 1.807) is 6.07 Å². The summed E-state index contributed by atoms with van der Waals surface area (Å²) in [5, 5.41) is 16.8. The zero-order valence-electron chi connectivity index (χ0n) is 17.5. The molecule has 1 unspecified atom stereocenters. The maximum Gasteiger partial charge on any atom is 0.319 e. The molecule has 0 saturated carbocycles. The molecule has 1 fully saturated rings. The standard InChI is InChI=1S/C25H28FN3O2/c26-22-8-7-20-14-19(3-6-21(20)15-22)16-29-12-11-24(17-29)28-25(31)27-23-9-4-18(5-10-23)2-1-13-30/h3-10,14-15,24,30H,1-2,11-13,16-17H2,(H2,27,28,31). The minimum atomic E-state index is -0.218. The fourth-order valence-corrected chi connectivity index (χ4v) is 4.11. The summed E-state index contributed by atoms with van der Waals surface area (Å²) in [6.07, 6.45) is 2.48. The molecule has 1 aliphatic heterocycles. The van der Waals surface area contributed by atoms with Gasteiger partial charge in [0.15, 0.2) is 0 Å². The van der Waals surface area contributed by atoms with Crippen molar-refractivity contribution in [3.63, 3.8) is 0 Å². The Hall–Kier alpha value is -2.96. The summed E-state index contributed by atoms with van der Waals surface area (Å²) in [5.41, 5.74) is 3.09. The Bertz CT molecular complexity index is 1040. The number of halogens is 1. The molecular weight excluding hydrogens is 393 g/mol.